The smallest absolute Gasteiger partial charge is 0.0450 e. The van der Waals surface area contributed by atoms with Crippen molar-refractivity contribution in [3.63, 3.8) is 0 Å². The van der Waals surface area contributed by atoms with Crippen LogP contribution in [0.15, 0.2) is 11.8 Å². The summed E-state index contributed by atoms with van der Waals surface area (Å²) in [6.45, 7) is 5.65. The number of rotatable bonds is 6. The highest BCUT2D eigenvalue weighted by Gasteiger charge is 1.85. The molecule has 0 saturated heterocycles. The summed E-state index contributed by atoms with van der Waals surface area (Å²) in [5, 5.41) is 3.17. The molecule has 0 saturated carbocycles. The van der Waals surface area contributed by atoms with Gasteiger partial charge >= 0.3 is 0 Å². The summed E-state index contributed by atoms with van der Waals surface area (Å²) in [6, 6.07) is 1.45. The molecule has 2 heteroatoms. The minimum absolute atomic E-state index is 0.128. The Hall–Kier alpha value is -0.0831. The highest BCUT2D eigenvalue weighted by atomic mass is 28.2. The van der Waals surface area contributed by atoms with E-state index >= 15 is 0 Å². The highest BCUT2D eigenvalue weighted by molar-refractivity contribution is 6.41. The topological polar surface area (TPSA) is 12.0 Å². The molecule has 0 amide bonds. The monoisotopic (exact) mass is 171 g/mol. The fraction of sp³-hybridized carbons (Fsp3) is 0.778. The lowest BCUT2D eigenvalue weighted by Crippen LogP contribution is -2.07. The molecule has 0 rings (SSSR count). The van der Waals surface area contributed by atoms with E-state index in [0.717, 1.165) is 5.92 Å². The Morgan fingerprint density at radius 1 is 1.45 bits per heavy atom. The molecule has 0 aromatic heterocycles. The second-order valence-corrected chi connectivity index (χ2v) is 5.03. The molecule has 0 heterocycles. The SMILES string of the molecule is CNCCC[SiH2]C=CC(C)C. The van der Waals surface area contributed by atoms with Gasteiger partial charge in [0.1, 0.15) is 0 Å². The lowest BCUT2D eigenvalue weighted by Gasteiger charge is -1.96. The molecule has 0 aliphatic carbocycles. The Balaban J connectivity index is 3.01. The number of nitrogens with one attached hydrogen (secondary N) is 1. The van der Waals surface area contributed by atoms with Crippen LogP contribution in [0.25, 0.3) is 0 Å². The molecule has 0 bridgehead atoms. The van der Waals surface area contributed by atoms with Gasteiger partial charge in [-0.1, -0.05) is 26.0 Å². The fourth-order valence-corrected chi connectivity index (χ4v) is 2.44. The van der Waals surface area contributed by atoms with E-state index in [-0.39, 0.29) is 9.52 Å². The van der Waals surface area contributed by atoms with Crippen molar-refractivity contribution in [1.82, 2.24) is 5.32 Å². The molecule has 0 aliphatic heterocycles. The normalized spacial score (nSPS) is 12.7. The van der Waals surface area contributed by atoms with Crippen LogP contribution in [-0.4, -0.2) is 23.1 Å². The average Bonchev–Trinajstić information content (AvgIpc) is 1.96. The molecule has 0 spiro atoms. The van der Waals surface area contributed by atoms with Crippen LogP contribution in [0.2, 0.25) is 6.04 Å². The summed E-state index contributed by atoms with van der Waals surface area (Å²) in [5.74, 6) is 0.742. The van der Waals surface area contributed by atoms with E-state index in [1.807, 2.05) is 7.05 Å². The van der Waals surface area contributed by atoms with Crippen LogP contribution in [0.5, 0.6) is 0 Å². The van der Waals surface area contributed by atoms with Gasteiger partial charge in [0.15, 0.2) is 0 Å². The molecule has 1 nitrogen and oxygen atoms in total. The van der Waals surface area contributed by atoms with Gasteiger partial charge in [-0.05, 0) is 25.9 Å². The van der Waals surface area contributed by atoms with E-state index in [4.69, 9.17) is 0 Å². The third-order valence-electron chi connectivity index (χ3n) is 1.57. The minimum Gasteiger partial charge on any atom is -0.320 e. The van der Waals surface area contributed by atoms with Crippen molar-refractivity contribution in [3.8, 4) is 0 Å². The molecule has 0 aliphatic rings. The van der Waals surface area contributed by atoms with Gasteiger partial charge in [-0.3, -0.25) is 0 Å². The van der Waals surface area contributed by atoms with Crippen LogP contribution in [0.3, 0.4) is 0 Å². The first-order chi connectivity index (χ1) is 5.27. The second-order valence-electron chi connectivity index (χ2n) is 3.27. The van der Waals surface area contributed by atoms with Crippen LogP contribution < -0.4 is 5.32 Å². The maximum Gasteiger partial charge on any atom is 0.0450 e. The predicted molar refractivity (Wildman–Crippen MR) is 55.9 cm³/mol. The average molecular weight is 171 g/mol. The van der Waals surface area contributed by atoms with Gasteiger partial charge in [0.05, 0.1) is 0 Å². The molecule has 0 atom stereocenters. The zero-order valence-electron chi connectivity index (χ0n) is 8.06. The Morgan fingerprint density at radius 2 is 2.18 bits per heavy atom. The van der Waals surface area contributed by atoms with E-state index in [1.54, 1.807) is 0 Å². The van der Waals surface area contributed by atoms with Gasteiger partial charge in [0.2, 0.25) is 0 Å². The van der Waals surface area contributed by atoms with Gasteiger partial charge in [-0.25, -0.2) is 0 Å². The molecule has 0 radical (unpaired) electrons. The van der Waals surface area contributed by atoms with E-state index in [0.29, 0.717) is 0 Å². The van der Waals surface area contributed by atoms with Crippen LogP contribution >= 0.6 is 0 Å². The van der Waals surface area contributed by atoms with Crippen LogP contribution in [-0.2, 0) is 0 Å². The summed E-state index contributed by atoms with van der Waals surface area (Å²) in [5.41, 5.74) is 2.43. The Bertz CT molecular complexity index is 99.7. The van der Waals surface area contributed by atoms with Gasteiger partial charge in [0, 0.05) is 9.52 Å². The minimum atomic E-state index is 0.128. The van der Waals surface area contributed by atoms with Crippen LogP contribution in [0.4, 0.5) is 0 Å². The molecule has 0 fully saturated rings. The zero-order chi connectivity index (χ0) is 8.53. The lowest BCUT2D eigenvalue weighted by molar-refractivity contribution is 0.770. The van der Waals surface area contributed by atoms with Gasteiger partial charge in [0.25, 0.3) is 0 Å². The van der Waals surface area contributed by atoms with Crippen molar-refractivity contribution in [2.24, 2.45) is 5.92 Å². The van der Waals surface area contributed by atoms with Crippen molar-refractivity contribution >= 4 is 9.52 Å². The molecule has 11 heavy (non-hydrogen) atoms. The quantitative estimate of drug-likeness (QED) is 0.470. The van der Waals surface area contributed by atoms with E-state index in [1.165, 1.54) is 19.0 Å². The van der Waals surface area contributed by atoms with Crippen molar-refractivity contribution in [2.45, 2.75) is 26.3 Å². The Labute approximate surface area is 73.1 Å². The number of hydrogen-bond acceptors (Lipinski definition) is 1. The Kier molecular flexibility index (Phi) is 7.96. The molecule has 0 aromatic rings. The largest absolute Gasteiger partial charge is 0.320 e. The number of hydrogen-bond donors (Lipinski definition) is 1. The number of allylic oxidation sites excluding steroid dienone is 1. The molecule has 66 valence electrons. The van der Waals surface area contributed by atoms with E-state index in [9.17, 15) is 0 Å². The summed E-state index contributed by atoms with van der Waals surface area (Å²) >= 11 is 0. The zero-order valence-corrected chi connectivity index (χ0v) is 9.47. The van der Waals surface area contributed by atoms with Crippen LogP contribution in [0, 0.1) is 5.92 Å². The van der Waals surface area contributed by atoms with Gasteiger partial charge in [-0.15, -0.1) is 5.70 Å². The predicted octanol–water partition coefficient (Wildman–Crippen LogP) is 1.35. The van der Waals surface area contributed by atoms with Crippen molar-refractivity contribution in [3.05, 3.63) is 11.8 Å². The van der Waals surface area contributed by atoms with E-state index < -0.39 is 0 Å². The maximum atomic E-state index is 3.17. The summed E-state index contributed by atoms with van der Waals surface area (Å²) in [7, 11) is 2.15. The van der Waals surface area contributed by atoms with Crippen LogP contribution in [0.1, 0.15) is 20.3 Å². The van der Waals surface area contributed by atoms with E-state index in [2.05, 4.69) is 30.9 Å². The summed E-state index contributed by atoms with van der Waals surface area (Å²) in [4.78, 5) is 0. The van der Waals surface area contributed by atoms with Gasteiger partial charge in [-0.2, -0.15) is 0 Å². The maximum absolute atomic E-state index is 3.17. The first-order valence-electron chi connectivity index (χ1n) is 4.58. The van der Waals surface area contributed by atoms with Gasteiger partial charge < -0.3 is 5.32 Å². The highest BCUT2D eigenvalue weighted by Crippen LogP contribution is 1.94. The summed E-state index contributed by atoms with van der Waals surface area (Å²) in [6.07, 6.45) is 3.69. The molecule has 0 unspecified atom stereocenters. The summed E-state index contributed by atoms with van der Waals surface area (Å²) < 4.78 is 0. The molecule has 0 aromatic carbocycles. The molecular formula is C9H21NSi. The first-order valence-corrected chi connectivity index (χ1v) is 6.40. The first kappa shape index (κ1) is 10.9. The van der Waals surface area contributed by atoms with Crippen molar-refractivity contribution in [1.29, 1.82) is 0 Å². The Morgan fingerprint density at radius 3 is 2.73 bits per heavy atom. The standard InChI is InChI=1S/C9H21NSi/c1-9(2)5-8-11-7-4-6-10-3/h5,8-10H,4,6-7,11H2,1-3H3. The molecular weight excluding hydrogens is 150 g/mol. The third kappa shape index (κ3) is 9.92. The van der Waals surface area contributed by atoms with Crippen molar-refractivity contribution in [2.75, 3.05) is 13.6 Å². The third-order valence-corrected chi connectivity index (χ3v) is 3.08. The molecule has 1 N–H and O–H groups in total. The fourth-order valence-electron chi connectivity index (χ4n) is 0.932. The lowest BCUT2D eigenvalue weighted by atomic mass is 10.2. The van der Waals surface area contributed by atoms with Crippen molar-refractivity contribution < 1.29 is 0 Å². The second kappa shape index (κ2) is 8.02.